The van der Waals surface area contributed by atoms with Crippen LogP contribution in [0.4, 0.5) is 4.79 Å². The number of carboxylic acid groups (broad SMARTS) is 3. The number of fused-ring (bicyclic) bond motifs is 2. The molecule has 0 aliphatic carbocycles. The van der Waals surface area contributed by atoms with Crippen LogP contribution in [0.5, 0.6) is 0 Å². The molecule has 0 radical (unpaired) electrons. The van der Waals surface area contributed by atoms with Gasteiger partial charge in [-0.05, 0) is 27.6 Å². The van der Waals surface area contributed by atoms with Crippen molar-refractivity contribution in [2.24, 2.45) is 0 Å². The molecule has 3 aromatic rings. The van der Waals surface area contributed by atoms with Crippen molar-refractivity contribution in [1.29, 1.82) is 0 Å². The lowest BCUT2D eigenvalue weighted by molar-refractivity contribution is -0.141. The number of alkyl carbamates (subject to hydrolysis) is 1. The maximum absolute atomic E-state index is 12.8. The molecule has 0 saturated carbocycles. The molecule has 5 N–H and O–H groups in total. The van der Waals surface area contributed by atoms with Gasteiger partial charge in [-0.15, -0.1) is 0 Å². The number of hydrogen-bond donors (Lipinski definition) is 5. The van der Waals surface area contributed by atoms with Crippen LogP contribution in [-0.2, 0) is 54.2 Å². The number of rotatable bonds is 26. The molecule has 3 aromatic carbocycles. The van der Waals surface area contributed by atoms with Crippen LogP contribution in [0.15, 0.2) is 54.6 Å². The van der Waals surface area contributed by atoms with E-state index >= 15 is 0 Å². The molecule has 0 spiro atoms. The molecule has 0 unspecified atom stereocenters. The average Bonchev–Trinajstić information content (AvgIpc) is 3.09. The van der Waals surface area contributed by atoms with Gasteiger partial charge in [0, 0.05) is 12.1 Å². The molecule has 0 aromatic heterocycles. The van der Waals surface area contributed by atoms with Gasteiger partial charge in [0.1, 0.15) is 18.8 Å². The van der Waals surface area contributed by atoms with Gasteiger partial charge in [0.15, 0.2) is 0 Å². The summed E-state index contributed by atoms with van der Waals surface area (Å²) in [5.41, 5.74) is -0.497. The minimum Gasteiger partial charge on any atom is -0.481 e. The van der Waals surface area contributed by atoms with Crippen LogP contribution < -0.4 is 10.6 Å². The van der Waals surface area contributed by atoms with Gasteiger partial charge in [0.25, 0.3) is 0 Å². The van der Waals surface area contributed by atoms with Crippen LogP contribution in [0.3, 0.4) is 0 Å². The van der Waals surface area contributed by atoms with Crippen LogP contribution in [0.2, 0.25) is 0 Å². The first kappa shape index (κ1) is 40.6. The first-order valence-electron chi connectivity index (χ1n) is 16.2. The van der Waals surface area contributed by atoms with E-state index in [-0.39, 0.29) is 91.9 Å². The molecule has 0 saturated heterocycles. The second-order valence-corrected chi connectivity index (χ2v) is 11.4. The number of hydrogen-bond acceptors (Lipinski definition) is 11. The maximum atomic E-state index is 12.8. The summed E-state index contributed by atoms with van der Waals surface area (Å²) in [7, 11) is 0. The zero-order valence-electron chi connectivity index (χ0n) is 28.1. The summed E-state index contributed by atoms with van der Waals surface area (Å²) in [6, 6.07) is 17.9. The molecule has 0 fully saturated rings. The van der Waals surface area contributed by atoms with E-state index in [1.807, 2.05) is 48.5 Å². The Labute approximate surface area is 293 Å². The monoisotopic (exact) mass is 716 g/mol. The molecule has 3 rings (SSSR count). The molecule has 0 aliphatic rings. The number of carbonyl (C=O) groups is 5. The summed E-state index contributed by atoms with van der Waals surface area (Å²) in [4.78, 5) is 57.9. The molecule has 0 aliphatic heterocycles. The Balaban J connectivity index is 1.40. The Bertz CT molecular complexity index is 1490. The highest BCUT2D eigenvalue weighted by molar-refractivity contribution is 6.02. The van der Waals surface area contributed by atoms with E-state index in [0.29, 0.717) is 0 Å². The van der Waals surface area contributed by atoms with Crippen LogP contribution in [0.25, 0.3) is 21.5 Å². The van der Waals surface area contributed by atoms with Gasteiger partial charge in [0.05, 0.1) is 78.7 Å². The minimum absolute atomic E-state index is 0.0261. The number of aliphatic carboxylic acids is 3. The number of benzene rings is 3. The van der Waals surface area contributed by atoms with Gasteiger partial charge >= 0.3 is 24.0 Å². The average molecular weight is 717 g/mol. The Morgan fingerprint density at radius 2 is 1.10 bits per heavy atom. The third-order valence-electron chi connectivity index (χ3n) is 7.27. The van der Waals surface area contributed by atoms with Crippen molar-refractivity contribution in [1.82, 2.24) is 10.6 Å². The zero-order valence-corrected chi connectivity index (χ0v) is 28.1. The quantitative estimate of drug-likeness (QED) is 0.0595. The Morgan fingerprint density at radius 1 is 0.608 bits per heavy atom. The number of carbonyl (C=O) groups excluding carboxylic acids is 2. The number of amides is 2. The highest BCUT2D eigenvalue weighted by Crippen LogP contribution is 2.29. The SMILES string of the molecule is O=C(O)CCOCC(COCCC(=O)O)(COCCC(=O)O)NC(=O)COCCOCCNC(=O)OCc1c2ccccc2cc2ccccc12. The molecule has 16 heteroatoms. The molecule has 0 atom stereocenters. The third-order valence-corrected chi connectivity index (χ3v) is 7.27. The van der Waals surface area contributed by atoms with Crippen molar-refractivity contribution in [2.45, 2.75) is 31.4 Å². The van der Waals surface area contributed by atoms with E-state index < -0.39 is 42.1 Å². The molecular weight excluding hydrogens is 672 g/mol. The molecular formula is C35H44N2O14. The largest absolute Gasteiger partial charge is 0.481 e. The molecule has 2 amide bonds. The van der Waals surface area contributed by atoms with Crippen molar-refractivity contribution in [3.05, 3.63) is 60.2 Å². The third kappa shape index (κ3) is 15.3. The Kier molecular flexibility index (Phi) is 17.5. The van der Waals surface area contributed by atoms with Crippen LogP contribution in [0, 0.1) is 0 Å². The lowest BCUT2D eigenvalue weighted by atomic mass is 9.97. The van der Waals surface area contributed by atoms with Crippen molar-refractivity contribution in [3.63, 3.8) is 0 Å². The van der Waals surface area contributed by atoms with Crippen LogP contribution >= 0.6 is 0 Å². The van der Waals surface area contributed by atoms with Crippen molar-refractivity contribution < 1.29 is 67.7 Å². The summed E-state index contributed by atoms with van der Waals surface area (Å²) in [6.45, 7) is -1.29. The second kappa shape index (κ2) is 22.1. The van der Waals surface area contributed by atoms with E-state index in [0.717, 1.165) is 27.1 Å². The number of nitrogens with one attached hydrogen (secondary N) is 2. The van der Waals surface area contributed by atoms with Gasteiger partial charge in [-0.3, -0.25) is 19.2 Å². The van der Waals surface area contributed by atoms with E-state index in [4.69, 9.17) is 43.7 Å². The summed E-state index contributed by atoms with van der Waals surface area (Å²) >= 11 is 0. The maximum Gasteiger partial charge on any atom is 0.407 e. The van der Waals surface area contributed by atoms with Gasteiger partial charge in [-0.1, -0.05) is 48.5 Å². The van der Waals surface area contributed by atoms with E-state index in [9.17, 15) is 24.0 Å². The molecule has 278 valence electrons. The first-order valence-corrected chi connectivity index (χ1v) is 16.2. The number of carboxylic acids is 3. The Hall–Kier alpha value is -4.87. The van der Waals surface area contributed by atoms with Gasteiger partial charge in [-0.25, -0.2) is 4.79 Å². The summed E-state index contributed by atoms with van der Waals surface area (Å²) in [5, 5.41) is 36.2. The Morgan fingerprint density at radius 3 is 1.61 bits per heavy atom. The molecule has 0 bridgehead atoms. The highest BCUT2D eigenvalue weighted by atomic mass is 16.6. The van der Waals surface area contributed by atoms with Crippen molar-refractivity contribution in [2.75, 3.05) is 72.6 Å². The lowest BCUT2D eigenvalue weighted by Crippen LogP contribution is -2.59. The first-order chi connectivity index (χ1) is 24.6. The fourth-order valence-electron chi connectivity index (χ4n) is 4.91. The van der Waals surface area contributed by atoms with Crippen LogP contribution in [0.1, 0.15) is 24.8 Å². The smallest absolute Gasteiger partial charge is 0.407 e. The van der Waals surface area contributed by atoms with Gasteiger partial charge in [0.2, 0.25) is 5.91 Å². The lowest BCUT2D eigenvalue weighted by Gasteiger charge is -2.34. The van der Waals surface area contributed by atoms with E-state index in [1.165, 1.54) is 0 Å². The summed E-state index contributed by atoms with van der Waals surface area (Å²) in [5.74, 6) is -3.92. The van der Waals surface area contributed by atoms with Gasteiger partial charge < -0.3 is 54.4 Å². The summed E-state index contributed by atoms with van der Waals surface area (Å²) < 4.78 is 32.7. The summed E-state index contributed by atoms with van der Waals surface area (Å²) in [6.07, 6.45) is -1.54. The predicted molar refractivity (Wildman–Crippen MR) is 181 cm³/mol. The minimum atomic E-state index is -1.41. The van der Waals surface area contributed by atoms with Gasteiger partial charge in [-0.2, -0.15) is 0 Å². The van der Waals surface area contributed by atoms with E-state index in [1.54, 1.807) is 0 Å². The number of ether oxygens (including phenoxy) is 6. The van der Waals surface area contributed by atoms with Crippen molar-refractivity contribution >= 4 is 51.5 Å². The van der Waals surface area contributed by atoms with Crippen molar-refractivity contribution in [3.8, 4) is 0 Å². The molecule has 0 heterocycles. The molecule has 16 nitrogen and oxygen atoms in total. The highest BCUT2D eigenvalue weighted by Gasteiger charge is 2.34. The van der Waals surface area contributed by atoms with E-state index in [2.05, 4.69) is 16.7 Å². The second-order valence-electron chi connectivity index (χ2n) is 11.4. The topological polar surface area (TPSA) is 225 Å². The standard InChI is InChI=1S/C35H44N2O14/c38-30(37-35(22-48-13-9-31(39)40,23-49-14-10-32(41)42)24-50-15-11-33(43)44)21-47-18-17-46-16-12-36-34(45)51-20-29-27-7-3-1-5-25(27)19-26-6-2-4-8-28(26)29/h1-8,19H,9-18,20-24H2,(H,36,45)(H,37,38)(H,39,40)(H,41,42)(H,43,44). The normalized spacial score (nSPS) is 11.4. The molecule has 51 heavy (non-hydrogen) atoms. The fourth-order valence-corrected chi connectivity index (χ4v) is 4.91. The fraction of sp³-hybridized carbons (Fsp3) is 0.457. The zero-order chi connectivity index (χ0) is 36.9. The van der Waals surface area contributed by atoms with Crippen LogP contribution in [-0.4, -0.2) is 123 Å². The predicted octanol–water partition coefficient (Wildman–Crippen LogP) is 2.58.